The van der Waals surface area contributed by atoms with Crippen molar-refractivity contribution in [2.45, 2.75) is 32.2 Å². The van der Waals surface area contributed by atoms with Gasteiger partial charge in [0.1, 0.15) is 5.00 Å². The van der Waals surface area contributed by atoms with Crippen LogP contribution in [0.5, 0.6) is 0 Å². The molecule has 1 atom stereocenters. The minimum absolute atomic E-state index is 0.0829. The number of methoxy groups -OCH3 is 1. The third kappa shape index (κ3) is 3.44. The van der Waals surface area contributed by atoms with Crippen molar-refractivity contribution in [1.82, 2.24) is 5.32 Å². The van der Waals surface area contributed by atoms with Crippen molar-refractivity contribution in [3.8, 4) is 0 Å². The SMILES string of the molecule is COC(=O)c1c(NC(=S)NC(C)c2ccccc2)sc2c1CCC2. The van der Waals surface area contributed by atoms with Crippen molar-refractivity contribution < 1.29 is 9.53 Å². The first kappa shape index (κ1) is 16.9. The first-order valence-electron chi connectivity index (χ1n) is 7.95. The van der Waals surface area contributed by atoms with Crippen molar-refractivity contribution in [3.63, 3.8) is 0 Å². The van der Waals surface area contributed by atoms with Gasteiger partial charge in [0.2, 0.25) is 0 Å². The molecule has 1 aliphatic carbocycles. The van der Waals surface area contributed by atoms with Crippen molar-refractivity contribution in [2.75, 3.05) is 12.4 Å². The summed E-state index contributed by atoms with van der Waals surface area (Å²) in [7, 11) is 1.42. The van der Waals surface area contributed by atoms with E-state index in [9.17, 15) is 4.79 Å². The molecule has 4 nitrogen and oxygen atoms in total. The van der Waals surface area contributed by atoms with E-state index in [0.717, 1.165) is 35.4 Å². The van der Waals surface area contributed by atoms with Gasteiger partial charge in [-0.25, -0.2) is 4.79 Å². The number of benzene rings is 1. The molecule has 1 heterocycles. The first-order chi connectivity index (χ1) is 11.6. The molecule has 2 aromatic rings. The van der Waals surface area contributed by atoms with Gasteiger partial charge in [-0.1, -0.05) is 30.3 Å². The van der Waals surface area contributed by atoms with Crippen LogP contribution in [0.1, 0.15) is 45.7 Å². The second-order valence-electron chi connectivity index (χ2n) is 5.78. The van der Waals surface area contributed by atoms with Crippen LogP contribution in [0.3, 0.4) is 0 Å². The van der Waals surface area contributed by atoms with Gasteiger partial charge in [-0.2, -0.15) is 0 Å². The molecule has 0 radical (unpaired) electrons. The fraction of sp³-hybridized carbons (Fsp3) is 0.333. The Bertz CT molecular complexity index is 756. The minimum atomic E-state index is -0.296. The van der Waals surface area contributed by atoms with E-state index in [2.05, 4.69) is 29.7 Å². The molecule has 24 heavy (non-hydrogen) atoms. The van der Waals surface area contributed by atoms with E-state index < -0.39 is 0 Å². The van der Waals surface area contributed by atoms with Crippen LogP contribution in [0.4, 0.5) is 5.00 Å². The Morgan fingerprint density at radius 1 is 1.29 bits per heavy atom. The van der Waals surface area contributed by atoms with Gasteiger partial charge in [-0.15, -0.1) is 11.3 Å². The summed E-state index contributed by atoms with van der Waals surface area (Å²) in [6, 6.07) is 10.2. The lowest BCUT2D eigenvalue weighted by molar-refractivity contribution is 0.0601. The topological polar surface area (TPSA) is 50.4 Å². The van der Waals surface area contributed by atoms with Gasteiger partial charge in [-0.3, -0.25) is 0 Å². The first-order valence-corrected chi connectivity index (χ1v) is 9.18. The minimum Gasteiger partial charge on any atom is -0.465 e. The number of carbonyl (C=O) groups excluding carboxylic acids is 1. The third-order valence-corrected chi connectivity index (χ3v) is 5.61. The van der Waals surface area contributed by atoms with Crippen LogP contribution in [0.25, 0.3) is 0 Å². The summed E-state index contributed by atoms with van der Waals surface area (Å²) in [5, 5.41) is 7.75. The zero-order valence-electron chi connectivity index (χ0n) is 13.7. The van der Waals surface area contributed by atoms with E-state index in [1.807, 2.05) is 18.2 Å². The molecule has 0 amide bonds. The average Bonchev–Trinajstić information content (AvgIpc) is 3.15. The van der Waals surface area contributed by atoms with Crippen molar-refractivity contribution in [2.24, 2.45) is 0 Å². The molecule has 1 aliphatic rings. The zero-order chi connectivity index (χ0) is 17.1. The van der Waals surface area contributed by atoms with Gasteiger partial charge >= 0.3 is 5.97 Å². The fourth-order valence-electron chi connectivity index (χ4n) is 2.97. The number of hydrogen-bond donors (Lipinski definition) is 2. The van der Waals surface area contributed by atoms with Gasteiger partial charge in [-0.05, 0) is 49.5 Å². The quantitative estimate of drug-likeness (QED) is 0.636. The highest BCUT2D eigenvalue weighted by atomic mass is 32.1. The molecule has 0 spiro atoms. The Kier molecular flexibility index (Phi) is 5.16. The number of thiophene rings is 1. The van der Waals surface area contributed by atoms with E-state index in [0.29, 0.717) is 10.7 Å². The molecule has 1 unspecified atom stereocenters. The second kappa shape index (κ2) is 7.32. The summed E-state index contributed by atoms with van der Waals surface area (Å²) < 4.78 is 4.96. The number of anilines is 1. The van der Waals surface area contributed by atoms with Crippen molar-refractivity contribution >= 4 is 39.6 Å². The zero-order valence-corrected chi connectivity index (χ0v) is 15.4. The molecule has 126 valence electrons. The highest BCUT2D eigenvalue weighted by Crippen LogP contribution is 2.39. The monoisotopic (exact) mass is 360 g/mol. The molecule has 3 rings (SSSR count). The van der Waals surface area contributed by atoms with Crippen molar-refractivity contribution in [3.05, 3.63) is 51.9 Å². The van der Waals surface area contributed by atoms with E-state index >= 15 is 0 Å². The van der Waals surface area contributed by atoms with E-state index in [-0.39, 0.29) is 12.0 Å². The predicted octanol–water partition coefficient (Wildman–Crippen LogP) is 4.07. The molecule has 0 fully saturated rings. The molecule has 1 aromatic carbocycles. The van der Waals surface area contributed by atoms with Gasteiger partial charge in [0.15, 0.2) is 5.11 Å². The Labute approximate surface area is 151 Å². The normalized spacial score (nSPS) is 13.9. The molecule has 0 saturated heterocycles. The number of nitrogens with one attached hydrogen (secondary N) is 2. The highest BCUT2D eigenvalue weighted by Gasteiger charge is 2.27. The van der Waals surface area contributed by atoms with Crippen molar-refractivity contribution in [1.29, 1.82) is 0 Å². The average molecular weight is 361 g/mol. The van der Waals surface area contributed by atoms with Crippen LogP contribution >= 0.6 is 23.6 Å². The largest absolute Gasteiger partial charge is 0.465 e. The number of ether oxygens (including phenoxy) is 1. The predicted molar refractivity (Wildman–Crippen MR) is 102 cm³/mol. The third-order valence-electron chi connectivity index (χ3n) is 4.19. The van der Waals surface area contributed by atoms with E-state index in [4.69, 9.17) is 17.0 Å². The lowest BCUT2D eigenvalue weighted by Crippen LogP contribution is -2.31. The number of rotatable bonds is 4. The Morgan fingerprint density at radius 2 is 2.04 bits per heavy atom. The summed E-state index contributed by atoms with van der Waals surface area (Å²) in [5.74, 6) is -0.296. The molecular formula is C18H20N2O2S2. The summed E-state index contributed by atoms with van der Waals surface area (Å²) in [6.07, 6.45) is 3.05. The number of fused-ring (bicyclic) bond motifs is 1. The Balaban J connectivity index is 1.74. The molecule has 2 N–H and O–H groups in total. The smallest absolute Gasteiger partial charge is 0.341 e. The standard InChI is InChI=1S/C18H20N2O2S2/c1-11(12-7-4-3-5-8-12)19-18(23)20-16-15(17(21)22-2)13-9-6-10-14(13)24-16/h3-5,7-8,11H,6,9-10H2,1-2H3,(H2,19,20,23). The number of thiocarbonyl (C=S) groups is 1. The van der Waals surface area contributed by atoms with Gasteiger partial charge < -0.3 is 15.4 Å². The molecule has 6 heteroatoms. The summed E-state index contributed by atoms with van der Waals surface area (Å²) in [4.78, 5) is 13.4. The maximum absolute atomic E-state index is 12.2. The number of esters is 1. The fourth-order valence-corrected chi connectivity index (χ4v) is 4.60. The highest BCUT2D eigenvalue weighted by molar-refractivity contribution is 7.80. The Morgan fingerprint density at radius 3 is 2.75 bits per heavy atom. The van der Waals surface area contributed by atoms with Gasteiger partial charge in [0.05, 0.1) is 18.7 Å². The van der Waals surface area contributed by atoms with Gasteiger partial charge in [0, 0.05) is 4.88 Å². The lowest BCUT2D eigenvalue weighted by atomic mass is 10.1. The maximum atomic E-state index is 12.2. The number of hydrogen-bond acceptors (Lipinski definition) is 4. The summed E-state index contributed by atoms with van der Waals surface area (Å²) >= 11 is 7.04. The maximum Gasteiger partial charge on any atom is 0.341 e. The van der Waals surface area contributed by atoms with Gasteiger partial charge in [0.25, 0.3) is 0 Å². The molecule has 0 saturated carbocycles. The van der Waals surface area contributed by atoms with E-state index in [1.165, 1.54) is 12.0 Å². The van der Waals surface area contributed by atoms with Crippen LogP contribution in [0, 0.1) is 0 Å². The lowest BCUT2D eigenvalue weighted by Gasteiger charge is -2.17. The summed E-state index contributed by atoms with van der Waals surface area (Å²) in [5.41, 5.74) is 2.92. The number of aryl methyl sites for hydroxylation is 1. The van der Waals surface area contributed by atoms with Crippen LogP contribution < -0.4 is 10.6 Å². The molecule has 0 bridgehead atoms. The van der Waals surface area contributed by atoms with Crippen LogP contribution in [0.2, 0.25) is 0 Å². The molecule has 0 aliphatic heterocycles. The number of carbonyl (C=O) groups is 1. The summed E-state index contributed by atoms with van der Waals surface area (Å²) in [6.45, 7) is 2.05. The van der Waals surface area contributed by atoms with E-state index in [1.54, 1.807) is 11.3 Å². The van der Waals surface area contributed by atoms with Crippen LogP contribution in [0.15, 0.2) is 30.3 Å². The Hall–Kier alpha value is -1.92. The molecular weight excluding hydrogens is 340 g/mol. The van der Waals surface area contributed by atoms with Crippen LogP contribution in [-0.2, 0) is 17.6 Å². The second-order valence-corrected chi connectivity index (χ2v) is 7.30. The molecule has 1 aromatic heterocycles. The van der Waals surface area contributed by atoms with Crippen LogP contribution in [-0.4, -0.2) is 18.2 Å².